The second-order valence-electron chi connectivity index (χ2n) is 21.1. The number of pyridine rings is 1. The lowest BCUT2D eigenvalue weighted by atomic mass is 9.88. The number of nitrogen functional groups attached to an aromatic ring is 1. The third-order valence-electron chi connectivity index (χ3n) is 16.0. The molecule has 2 aromatic carbocycles. The van der Waals surface area contributed by atoms with Crippen molar-refractivity contribution in [3.8, 4) is 11.1 Å². The molecule has 0 radical (unpaired) electrons. The molecule has 5 aliphatic heterocycles. The number of nitrogens with two attached hydrogens (primary N) is 1. The highest BCUT2D eigenvalue weighted by Gasteiger charge is 2.43. The standard InChI is InChI=1S/C57H72F2N12O8S/c1-34(61-3)54(75)65-51(57(77)70-21-6-8-46(70)55-64-44(33-80-55)52(74)37-9-11-39(58)12-10-37)36-15-22-68(23-16-36)49(73)18-26-79-28-27-78-25-17-48(72)62-19-24-71-35(2)50-38-29-47(53(60)63-31-38)69-20-5-7-45(69)42-30-40(59)13-14-41(42)56(76)67(4)32-43(50)66-71/h9-14,29-31,34,36,44-46,51,61H,5-8,15-28,32-33H2,1-4H3,(H2,60,63)(H,62,72)(H,65,75)/t34-,44?,45-,46-,51-/m1/s1. The molecule has 2 aromatic heterocycles. The molecule has 80 heavy (non-hydrogen) atoms. The van der Waals surface area contributed by atoms with Crippen molar-refractivity contribution in [2.45, 2.75) is 109 Å². The van der Waals surface area contributed by atoms with Crippen LogP contribution in [0.4, 0.5) is 20.3 Å². The number of thioether (sulfide) groups is 1. The SMILES string of the molecule is CN[C@H](C)C(=O)N[C@@H](C(=O)N1CCC[C@@H]1C1=NC(C(=O)c2ccc(F)cc2)CS1)C1CCN(C(=O)CCOCCOCCC(=O)NCCn2nc3c(c2C)-c2cnc(N)c(c2)N2CCC[C@@H]2c2cc(F)ccc2C(=O)N(C)C3)CC1. The third kappa shape index (κ3) is 13.2. The van der Waals surface area contributed by atoms with E-state index in [2.05, 4.69) is 25.8 Å². The van der Waals surface area contributed by atoms with Gasteiger partial charge in [-0.25, -0.2) is 13.8 Å². The van der Waals surface area contributed by atoms with Gasteiger partial charge in [-0.1, -0.05) is 0 Å². The molecular formula is C57H72F2N12O8S. The Balaban J connectivity index is 0.699. The number of fused-ring (bicyclic) bond motifs is 8. The van der Waals surface area contributed by atoms with E-state index in [1.165, 1.54) is 48.2 Å². The number of rotatable bonds is 20. The number of anilines is 2. The van der Waals surface area contributed by atoms with Crippen molar-refractivity contribution in [2.75, 3.05) is 89.6 Å². The summed E-state index contributed by atoms with van der Waals surface area (Å²) in [5.41, 5.74) is 11.7. The van der Waals surface area contributed by atoms with E-state index in [4.69, 9.17) is 25.3 Å². The Labute approximate surface area is 468 Å². The summed E-state index contributed by atoms with van der Waals surface area (Å²) < 4.78 is 41.5. The molecule has 5 atom stereocenters. The van der Waals surface area contributed by atoms with Gasteiger partial charge in [-0.15, -0.1) is 11.8 Å². The monoisotopic (exact) mass is 1120 g/mol. The number of likely N-dealkylation sites (tertiary alicyclic amines) is 2. The van der Waals surface area contributed by atoms with Gasteiger partial charge in [0, 0.05) is 86.1 Å². The molecule has 0 saturated carbocycles. The summed E-state index contributed by atoms with van der Waals surface area (Å²) in [5, 5.41) is 14.6. The fraction of sp³-hybridized carbons (Fsp3) is 0.526. The first-order valence-electron chi connectivity index (χ1n) is 27.7. The predicted octanol–water partition coefficient (Wildman–Crippen LogP) is 4.69. The van der Waals surface area contributed by atoms with Gasteiger partial charge in [0.05, 0.1) is 80.5 Å². The Bertz CT molecular complexity index is 2970. The van der Waals surface area contributed by atoms with Crippen molar-refractivity contribution >= 4 is 63.6 Å². The van der Waals surface area contributed by atoms with Crippen molar-refractivity contribution in [1.29, 1.82) is 0 Å². The first-order valence-corrected chi connectivity index (χ1v) is 28.7. The summed E-state index contributed by atoms with van der Waals surface area (Å²) >= 11 is 1.46. The summed E-state index contributed by atoms with van der Waals surface area (Å²) in [6.45, 7) is 7.31. The number of carbonyl (C=O) groups excluding carboxylic acids is 6. The average molecular weight is 1120 g/mol. The number of hydrogen-bond donors (Lipinski definition) is 4. The molecule has 5 aliphatic rings. The van der Waals surface area contributed by atoms with Crippen LogP contribution in [-0.2, 0) is 41.7 Å². The van der Waals surface area contributed by atoms with Crippen molar-refractivity contribution in [2.24, 2.45) is 10.9 Å². The lowest BCUT2D eigenvalue weighted by Crippen LogP contribution is -2.58. The summed E-state index contributed by atoms with van der Waals surface area (Å²) in [7, 11) is 3.39. The molecule has 2 bridgehead atoms. The fourth-order valence-electron chi connectivity index (χ4n) is 11.5. The van der Waals surface area contributed by atoms with Crippen molar-refractivity contribution in [3.63, 3.8) is 0 Å². The second-order valence-corrected chi connectivity index (χ2v) is 22.2. The summed E-state index contributed by atoms with van der Waals surface area (Å²) in [4.78, 5) is 97.8. The molecule has 0 aliphatic carbocycles. The molecular weight excluding hydrogens is 1050 g/mol. The predicted molar refractivity (Wildman–Crippen MR) is 299 cm³/mol. The number of hydrogen-bond acceptors (Lipinski definition) is 15. The number of Topliss-reactive ketones (excluding diaryl/α,β-unsaturated/α-hetero) is 1. The van der Waals surface area contributed by atoms with E-state index in [9.17, 15) is 37.5 Å². The smallest absolute Gasteiger partial charge is 0.254 e. The molecule has 5 N–H and O–H groups in total. The molecule has 5 amide bonds. The molecule has 23 heteroatoms. The summed E-state index contributed by atoms with van der Waals surface area (Å²) in [6.07, 6.45) is 6.01. The first kappa shape index (κ1) is 57.9. The summed E-state index contributed by atoms with van der Waals surface area (Å²) in [5.74, 6) is -1.50. The lowest BCUT2D eigenvalue weighted by molar-refractivity contribution is -0.140. The number of nitrogens with one attached hydrogen (secondary N) is 3. The van der Waals surface area contributed by atoms with E-state index in [-0.39, 0.29) is 106 Å². The number of benzene rings is 2. The van der Waals surface area contributed by atoms with Crippen LogP contribution >= 0.6 is 11.8 Å². The Morgan fingerprint density at radius 1 is 0.887 bits per heavy atom. The van der Waals surface area contributed by atoms with Crippen LogP contribution < -0.4 is 26.6 Å². The molecule has 1 unspecified atom stereocenters. The zero-order valence-corrected chi connectivity index (χ0v) is 46.7. The largest absolute Gasteiger partial charge is 0.382 e. The van der Waals surface area contributed by atoms with Gasteiger partial charge in [0.15, 0.2) is 5.78 Å². The number of likely N-dealkylation sites (N-methyl/N-ethyl adjacent to an activating group) is 1. The minimum Gasteiger partial charge on any atom is -0.382 e. The molecule has 0 spiro atoms. The van der Waals surface area contributed by atoms with Gasteiger partial charge in [0.1, 0.15) is 29.5 Å². The van der Waals surface area contributed by atoms with Crippen LogP contribution in [0, 0.1) is 24.5 Å². The number of nitrogens with zero attached hydrogens (tertiary/aromatic N) is 8. The van der Waals surface area contributed by atoms with Crippen LogP contribution in [0.5, 0.6) is 0 Å². The van der Waals surface area contributed by atoms with E-state index in [0.717, 1.165) is 36.1 Å². The van der Waals surface area contributed by atoms with Gasteiger partial charge in [-0.3, -0.25) is 38.4 Å². The fourth-order valence-corrected chi connectivity index (χ4v) is 12.7. The van der Waals surface area contributed by atoms with Crippen molar-refractivity contribution in [1.82, 2.24) is 45.4 Å². The van der Waals surface area contributed by atoms with Crippen LogP contribution in [0.25, 0.3) is 11.1 Å². The van der Waals surface area contributed by atoms with Crippen LogP contribution in [0.1, 0.15) is 102 Å². The Kier molecular flexibility index (Phi) is 18.9. The number of aromatic nitrogens is 3. The molecule has 9 rings (SSSR count). The highest BCUT2D eigenvalue weighted by molar-refractivity contribution is 8.14. The highest BCUT2D eigenvalue weighted by Crippen LogP contribution is 2.43. The molecule has 428 valence electrons. The van der Waals surface area contributed by atoms with E-state index in [1.54, 1.807) is 48.0 Å². The molecule has 3 saturated heterocycles. The number of ketones is 1. The number of aliphatic imine (C=N–C) groups is 1. The number of ether oxygens (including phenoxy) is 2. The topological polar surface area (TPSA) is 239 Å². The number of halogens is 2. The Morgan fingerprint density at radius 2 is 1.60 bits per heavy atom. The Hall–Kier alpha value is -6.82. The zero-order chi connectivity index (χ0) is 56.6. The van der Waals surface area contributed by atoms with Gasteiger partial charge in [-0.05, 0) is 119 Å². The van der Waals surface area contributed by atoms with E-state index >= 15 is 0 Å². The molecule has 20 nitrogen and oxygen atoms in total. The van der Waals surface area contributed by atoms with Gasteiger partial charge in [0.2, 0.25) is 23.6 Å². The molecule has 4 aromatic rings. The van der Waals surface area contributed by atoms with Gasteiger partial charge < -0.3 is 50.8 Å². The van der Waals surface area contributed by atoms with Crippen molar-refractivity contribution in [3.05, 3.63) is 94.4 Å². The van der Waals surface area contributed by atoms with Gasteiger partial charge >= 0.3 is 0 Å². The summed E-state index contributed by atoms with van der Waals surface area (Å²) in [6, 6.07) is 9.18. The van der Waals surface area contributed by atoms with Crippen molar-refractivity contribution < 1.29 is 47.0 Å². The number of piperidine rings is 1. The minimum absolute atomic E-state index is 0.0745. The first-order chi connectivity index (χ1) is 38.6. The maximum Gasteiger partial charge on any atom is 0.254 e. The van der Waals surface area contributed by atoms with Gasteiger partial charge in [-0.2, -0.15) is 5.10 Å². The van der Waals surface area contributed by atoms with Crippen LogP contribution in [-0.4, -0.2) is 173 Å². The highest BCUT2D eigenvalue weighted by atomic mass is 32.2. The number of amides is 5. The third-order valence-corrected chi connectivity index (χ3v) is 17.1. The number of carbonyl (C=O) groups is 6. The quantitative estimate of drug-likeness (QED) is 0.0694. The second kappa shape index (κ2) is 26.2. The maximum absolute atomic E-state index is 14.7. The average Bonchev–Trinajstić information content (AvgIpc) is 4.32. The van der Waals surface area contributed by atoms with Gasteiger partial charge in [0.25, 0.3) is 5.91 Å². The molecule has 7 heterocycles. The van der Waals surface area contributed by atoms with E-state index in [0.29, 0.717) is 96.7 Å². The minimum atomic E-state index is -0.813. The zero-order valence-electron chi connectivity index (χ0n) is 45.9. The van der Waals surface area contributed by atoms with E-state index < -0.39 is 29.8 Å². The maximum atomic E-state index is 14.7. The molecule has 3 fully saturated rings. The Morgan fingerprint density at radius 3 is 2.35 bits per heavy atom. The van der Waals surface area contributed by atoms with Crippen LogP contribution in [0.2, 0.25) is 0 Å². The van der Waals surface area contributed by atoms with Crippen LogP contribution in [0.3, 0.4) is 0 Å². The normalized spacial score (nSPS) is 20.1. The lowest BCUT2D eigenvalue weighted by Gasteiger charge is -2.38. The van der Waals surface area contributed by atoms with E-state index in [1.807, 2.05) is 17.7 Å². The van der Waals surface area contributed by atoms with Crippen LogP contribution in [0.15, 0.2) is 59.7 Å².